The maximum absolute atomic E-state index is 10.6. The van der Waals surface area contributed by atoms with Crippen LogP contribution in [0, 0.1) is 6.92 Å². The smallest absolute Gasteiger partial charge is 0.313 e. The summed E-state index contributed by atoms with van der Waals surface area (Å²) < 4.78 is 1.86. The van der Waals surface area contributed by atoms with Crippen LogP contribution in [0.15, 0.2) is 35.6 Å². The topological polar surface area (TPSA) is 55.1 Å². The fourth-order valence-corrected chi connectivity index (χ4v) is 2.37. The van der Waals surface area contributed by atoms with Gasteiger partial charge in [0.15, 0.2) is 5.16 Å². The zero-order chi connectivity index (χ0) is 13.1. The minimum absolute atomic E-state index is 0.00988. The molecule has 6 heteroatoms. The first-order valence-corrected chi connectivity index (χ1v) is 6.59. The molecule has 0 atom stereocenters. The third-order valence-electron chi connectivity index (χ3n) is 2.22. The molecular formula is C12H11ClN2O2S. The number of hydrogen-bond acceptors (Lipinski definition) is 3. The van der Waals surface area contributed by atoms with Crippen LogP contribution in [0.3, 0.4) is 0 Å². The third-order valence-corrected chi connectivity index (χ3v) is 3.41. The molecule has 18 heavy (non-hydrogen) atoms. The number of aromatic nitrogens is 2. The molecule has 0 saturated heterocycles. The molecule has 0 unspecified atom stereocenters. The number of imidazole rings is 1. The Labute approximate surface area is 114 Å². The summed E-state index contributed by atoms with van der Waals surface area (Å²) in [5.74, 6) is -0.868. The van der Waals surface area contributed by atoms with E-state index in [1.807, 2.05) is 29.8 Å². The number of carboxylic acids is 1. The normalized spacial score (nSPS) is 10.6. The van der Waals surface area contributed by atoms with Crippen molar-refractivity contribution in [3.63, 3.8) is 0 Å². The van der Waals surface area contributed by atoms with E-state index in [0.717, 1.165) is 11.4 Å². The van der Waals surface area contributed by atoms with E-state index in [1.54, 1.807) is 12.1 Å². The van der Waals surface area contributed by atoms with Crippen molar-refractivity contribution in [1.29, 1.82) is 0 Å². The number of carbonyl (C=O) groups is 1. The van der Waals surface area contributed by atoms with Crippen LogP contribution in [-0.4, -0.2) is 26.4 Å². The predicted octanol–water partition coefficient (Wildman–Crippen LogP) is 3.01. The average molecular weight is 283 g/mol. The Kier molecular flexibility index (Phi) is 3.93. The molecule has 0 saturated carbocycles. The predicted molar refractivity (Wildman–Crippen MR) is 71.7 cm³/mol. The van der Waals surface area contributed by atoms with Gasteiger partial charge >= 0.3 is 5.97 Å². The van der Waals surface area contributed by atoms with Crippen molar-refractivity contribution < 1.29 is 9.90 Å². The number of benzene rings is 1. The molecule has 2 rings (SSSR count). The molecule has 0 aliphatic rings. The van der Waals surface area contributed by atoms with Gasteiger partial charge in [0.25, 0.3) is 0 Å². The van der Waals surface area contributed by atoms with E-state index < -0.39 is 5.97 Å². The lowest BCUT2D eigenvalue weighted by molar-refractivity contribution is -0.133. The number of hydrogen-bond donors (Lipinski definition) is 1. The molecular weight excluding hydrogens is 272 g/mol. The number of halogens is 1. The molecule has 4 nitrogen and oxygen atoms in total. The molecule has 1 heterocycles. The number of nitrogens with zero attached hydrogens (tertiary/aromatic N) is 2. The number of thioether (sulfide) groups is 1. The highest BCUT2D eigenvalue weighted by Gasteiger charge is 2.10. The van der Waals surface area contributed by atoms with Crippen molar-refractivity contribution in [2.24, 2.45) is 0 Å². The van der Waals surface area contributed by atoms with E-state index >= 15 is 0 Å². The van der Waals surface area contributed by atoms with Crippen molar-refractivity contribution in [2.75, 3.05) is 5.75 Å². The Morgan fingerprint density at radius 1 is 1.44 bits per heavy atom. The molecule has 2 aromatic rings. The van der Waals surface area contributed by atoms with E-state index in [2.05, 4.69) is 4.98 Å². The first kappa shape index (κ1) is 13.0. The summed E-state index contributed by atoms with van der Waals surface area (Å²) in [6, 6.07) is 7.32. The van der Waals surface area contributed by atoms with Crippen molar-refractivity contribution >= 4 is 29.3 Å². The summed E-state index contributed by atoms with van der Waals surface area (Å²) in [5.41, 5.74) is 1.76. The zero-order valence-corrected chi connectivity index (χ0v) is 11.2. The molecule has 0 bridgehead atoms. The van der Waals surface area contributed by atoms with Gasteiger partial charge in [0, 0.05) is 16.9 Å². The molecule has 0 fully saturated rings. The van der Waals surface area contributed by atoms with Crippen LogP contribution in [0.5, 0.6) is 0 Å². The highest BCUT2D eigenvalue weighted by molar-refractivity contribution is 7.99. The third kappa shape index (κ3) is 3.05. The Morgan fingerprint density at radius 3 is 2.72 bits per heavy atom. The Bertz CT molecular complexity index is 566. The van der Waals surface area contributed by atoms with Gasteiger partial charge in [-0.3, -0.25) is 9.36 Å². The minimum Gasteiger partial charge on any atom is -0.481 e. The van der Waals surface area contributed by atoms with Crippen LogP contribution >= 0.6 is 23.4 Å². The number of aryl methyl sites for hydroxylation is 1. The second kappa shape index (κ2) is 5.46. The summed E-state index contributed by atoms with van der Waals surface area (Å²) in [7, 11) is 0. The lowest BCUT2D eigenvalue weighted by Gasteiger charge is -2.06. The summed E-state index contributed by atoms with van der Waals surface area (Å²) in [6.07, 6.45) is 1.87. The number of rotatable bonds is 4. The van der Waals surface area contributed by atoms with Gasteiger partial charge in [0.05, 0.1) is 11.4 Å². The molecule has 0 aliphatic carbocycles. The highest BCUT2D eigenvalue weighted by atomic mass is 35.5. The maximum atomic E-state index is 10.6. The fraction of sp³-hybridized carbons (Fsp3) is 0.167. The second-order valence-corrected chi connectivity index (χ2v) is 5.07. The standard InChI is InChI=1S/C12H11ClN2O2S/c1-8-6-15(10-4-2-9(13)3-5-10)12(14-8)18-7-11(16)17/h2-6H,7H2,1H3,(H,16,17). The average Bonchev–Trinajstić information content (AvgIpc) is 2.69. The molecule has 1 aromatic carbocycles. The molecule has 94 valence electrons. The van der Waals surface area contributed by atoms with E-state index in [0.29, 0.717) is 10.2 Å². The van der Waals surface area contributed by atoms with Gasteiger partial charge < -0.3 is 5.11 Å². The van der Waals surface area contributed by atoms with Crippen molar-refractivity contribution in [2.45, 2.75) is 12.1 Å². The van der Waals surface area contributed by atoms with Crippen LogP contribution in [0.4, 0.5) is 0 Å². The van der Waals surface area contributed by atoms with Gasteiger partial charge in [-0.25, -0.2) is 4.98 Å². The van der Waals surface area contributed by atoms with E-state index in [4.69, 9.17) is 16.7 Å². The molecule has 1 N–H and O–H groups in total. The molecule has 0 spiro atoms. The van der Waals surface area contributed by atoms with Gasteiger partial charge in [-0.05, 0) is 31.2 Å². The molecule has 0 amide bonds. The quantitative estimate of drug-likeness (QED) is 0.876. The SMILES string of the molecule is Cc1cn(-c2ccc(Cl)cc2)c(SCC(=O)O)n1. The van der Waals surface area contributed by atoms with E-state index in [1.165, 1.54) is 11.8 Å². The number of carboxylic acid groups (broad SMARTS) is 1. The Hall–Kier alpha value is -1.46. The van der Waals surface area contributed by atoms with Crippen molar-refractivity contribution in [3.8, 4) is 5.69 Å². The summed E-state index contributed by atoms with van der Waals surface area (Å²) in [4.78, 5) is 14.9. The largest absolute Gasteiger partial charge is 0.481 e. The summed E-state index contributed by atoms with van der Waals surface area (Å²) >= 11 is 7.03. The van der Waals surface area contributed by atoms with Gasteiger partial charge in [-0.15, -0.1) is 0 Å². The summed E-state index contributed by atoms with van der Waals surface area (Å²) in [6.45, 7) is 1.87. The van der Waals surface area contributed by atoms with Crippen molar-refractivity contribution in [1.82, 2.24) is 9.55 Å². The lowest BCUT2D eigenvalue weighted by Crippen LogP contribution is -2.01. The van der Waals surface area contributed by atoms with Gasteiger partial charge in [0.1, 0.15) is 0 Å². The molecule has 0 radical (unpaired) electrons. The highest BCUT2D eigenvalue weighted by Crippen LogP contribution is 2.22. The maximum Gasteiger partial charge on any atom is 0.313 e. The Balaban J connectivity index is 2.31. The fourth-order valence-electron chi connectivity index (χ4n) is 1.49. The second-order valence-electron chi connectivity index (χ2n) is 3.69. The van der Waals surface area contributed by atoms with Crippen molar-refractivity contribution in [3.05, 3.63) is 41.2 Å². The van der Waals surface area contributed by atoms with Crippen LogP contribution < -0.4 is 0 Å². The van der Waals surface area contributed by atoms with Gasteiger partial charge in [-0.1, -0.05) is 23.4 Å². The summed E-state index contributed by atoms with van der Waals surface area (Å²) in [5, 5.41) is 10.0. The van der Waals surface area contributed by atoms with Crippen LogP contribution in [-0.2, 0) is 4.79 Å². The number of aliphatic carboxylic acids is 1. The Morgan fingerprint density at radius 2 is 2.11 bits per heavy atom. The minimum atomic E-state index is -0.858. The monoisotopic (exact) mass is 282 g/mol. The van der Waals surface area contributed by atoms with Crippen LogP contribution in [0.25, 0.3) is 5.69 Å². The van der Waals surface area contributed by atoms with Crippen LogP contribution in [0.1, 0.15) is 5.69 Å². The molecule has 1 aromatic heterocycles. The van der Waals surface area contributed by atoms with Crippen LogP contribution in [0.2, 0.25) is 5.02 Å². The lowest BCUT2D eigenvalue weighted by atomic mass is 10.3. The molecule has 0 aliphatic heterocycles. The first-order valence-electron chi connectivity index (χ1n) is 5.23. The zero-order valence-electron chi connectivity index (χ0n) is 9.63. The van der Waals surface area contributed by atoms with Gasteiger partial charge in [-0.2, -0.15) is 0 Å². The van der Waals surface area contributed by atoms with E-state index in [-0.39, 0.29) is 5.75 Å². The van der Waals surface area contributed by atoms with Gasteiger partial charge in [0.2, 0.25) is 0 Å². The van der Waals surface area contributed by atoms with E-state index in [9.17, 15) is 4.79 Å². The first-order chi connectivity index (χ1) is 8.56.